The summed E-state index contributed by atoms with van der Waals surface area (Å²) in [6.45, 7) is 4.12. The van der Waals surface area contributed by atoms with Crippen molar-refractivity contribution in [3.05, 3.63) is 59.2 Å². The van der Waals surface area contributed by atoms with Crippen molar-refractivity contribution in [3.8, 4) is 17.2 Å². The Hall–Kier alpha value is -2.79. The van der Waals surface area contributed by atoms with E-state index in [0.717, 1.165) is 6.42 Å². The van der Waals surface area contributed by atoms with Crippen LogP contribution in [0.15, 0.2) is 42.5 Å². The molecular formula is C22H26O5. The summed E-state index contributed by atoms with van der Waals surface area (Å²) in [7, 11) is 3.05. The second kappa shape index (κ2) is 9.78. The van der Waals surface area contributed by atoms with Crippen LogP contribution in [-0.4, -0.2) is 25.3 Å². The molecule has 0 aliphatic carbocycles. The van der Waals surface area contributed by atoms with Gasteiger partial charge in [0.1, 0.15) is 17.2 Å². The summed E-state index contributed by atoms with van der Waals surface area (Å²) < 4.78 is 15.9. The average molecular weight is 370 g/mol. The van der Waals surface area contributed by atoms with Gasteiger partial charge in [0.15, 0.2) is 0 Å². The first-order valence-corrected chi connectivity index (χ1v) is 8.88. The molecule has 144 valence electrons. The normalized spacial score (nSPS) is 12.0. The van der Waals surface area contributed by atoms with Crippen LogP contribution in [0.2, 0.25) is 0 Å². The van der Waals surface area contributed by atoms with E-state index in [-0.39, 0.29) is 6.61 Å². The first-order chi connectivity index (χ1) is 13.0. The van der Waals surface area contributed by atoms with Crippen LogP contribution in [-0.2, 0) is 11.4 Å². The largest absolute Gasteiger partial charge is 0.496 e. The van der Waals surface area contributed by atoms with Gasteiger partial charge in [-0.2, -0.15) is 0 Å². The molecule has 0 aromatic heterocycles. The topological polar surface area (TPSA) is 65.0 Å². The first kappa shape index (κ1) is 20.5. The zero-order valence-electron chi connectivity index (χ0n) is 16.2. The van der Waals surface area contributed by atoms with E-state index in [1.54, 1.807) is 30.3 Å². The third-order valence-corrected chi connectivity index (χ3v) is 4.48. The van der Waals surface area contributed by atoms with E-state index in [1.807, 2.05) is 12.1 Å². The Morgan fingerprint density at radius 1 is 1.11 bits per heavy atom. The smallest absolute Gasteiger partial charge is 0.336 e. The lowest BCUT2D eigenvalue weighted by Crippen LogP contribution is -2.04. The van der Waals surface area contributed by atoms with Gasteiger partial charge in [0.05, 0.1) is 20.8 Å². The van der Waals surface area contributed by atoms with Crippen LogP contribution in [0.1, 0.15) is 42.9 Å². The molecule has 1 unspecified atom stereocenters. The number of rotatable bonds is 8. The van der Waals surface area contributed by atoms with E-state index in [9.17, 15) is 9.90 Å². The number of aliphatic hydroxyl groups is 1. The van der Waals surface area contributed by atoms with Crippen molar-refractivity contribution < 1.29 is 24.1 Å². The predicted molar refractivity (Wildman–Crippen MR) is 105 cm³/mol. The van der Waals surface area contributed by atoms with Gasteiger partial charge in [0.2, 0.25) is 0 Å². The van der Waals surface area contributed by atoms with Crippen LogP contribution in [0.4, 0.5) is 0 Å². The van der Waals surface area contributed by atoms with Crippen LogP contribution in [0.25, 0.3) is 6.08 Å². The van der Waals surface area contributed by atoms with E-state index >= 15 is 0 Å². The average Bonchev–Trinajstić information content (AvgIpc) is 2.71. The zero-order chi connectivity index (χ0) is 19.8. The summed E-state index contributed by atoms with van der Waals surface area (Å²) in [4.78, 5) is 12.1. The van der Waals surface area contributed by atoms with E-state index in [2.05, 4.69) is 13.8 Å². The van der Waals surface area contributed by atoms with Crippen molar-refractivity contribution in [2.45, 2.75) is 32.8 Å². The minimum Gasteiger partial charge on any atom is -0.496 e. The zero-order valence-corrected chi connectivity index (χ0v) is 16.2. The molecule has 5 heteroatoms. The van der Waals surface area contributed by atoms with E-state index in [4.69, 9.17) is 14.2 Å². The highest BCUT2D eigenvalue weighted by atomic mass is 16.5. The van der Waals surface area contributed by atoms with Gasteiger partial charge in [-0.15, -0.1) is 0 Å². The number of carbonyl (C=O) groups excluding carboxylic acids is 1. The van der Waals surface area contributed by atoms with Crippen molar-refractivity contribution in [2.75, 3.05) is 14.2 Å². The molecule has 0 saturated heterocycles. The summed E-state index contributed by atoms with van der Waals surface area (Å²) >= 11 is 0. The molecule has 0 amide bonds. The summed E-state index contributed by atoms with van der Waals surface area (Å²) in [6.07, 6.45) is 3.97. The molecule has 0 aliphatic rings. The molecule has 2 aromatic rings. The maximum atomic E-state index is 12.1. The molecule has 2 aromatic carbocycles. The fourth-order valence-corrected chi connectivity index (χ4v) is 2.65. The Labute approximate surface area is 160 Å². The molecule has 0 heterocycles. The van der Waals surface area contributed by atoms with Crippen molar-refractivity contribution in [2.24, 2.45) is 0 Å². The Kier molecular flexibility index (Phi) is 7.44. The molecule has 0 saturated carbocycles. The molecule has 5 nitrogen and oxygen atoms in total. The molecular weight excluding hydrogens is 344 g/mol. The second-order valence-electron chi connectivity index (χ2n) is 6.20. The third-order valence-electron chi connectivity index (χ3n) is 4.48. The lowest BCUT2D eigenvalue weighted by Gasteiger charge is -2.11. The quantitative estimate of drug-likeness (QED) is 0.426. The highest BCUT2D eigenvalue weighted by molar-refractivity contribution is 5.89. The molecule has 0 spiro atoms. The molecule has 2 rings (SSSR count). The number of ether oxygens (including phenoxy) is 3. The maximum Gasteiger partial charge on any atom is 0.336 e. The van der Waals surface area contributed by atoms with Gasteiger partial charge >= 0.3 is 5.97 Å². The number of hydrogen-bond acceptors (Lipinski definition) is 5. The van der Waals surface area contributed by atoms with Crippen LogP contribution < -0.4 is 14.2 Å². The van der Waals surface area contributed by atoms with Crippen molar-refractivity contribution in [3.63, 3.8) is 0 Å². The maximum absolute atomic E-state index is 12.1. The predicted octanol–water partition coefficient (Wildman–Crippen LogP) is 4.33. The minimum atomic E-state index is -0.491. The molecule has 1 N–H and O–H groups in total. The van der Waals surface area contributed by atoms with E-state index in [0.29, 0.717) is 34.3 Å². The molecule has 0 radical (unpaired) electrons. The van der Waals surface area contributed by atoms with Gasteiger partial charge in [-0.25, -0.2) is 4.79 Å². The highest BCUT2D eigenvalue weighted by Crippen LogP contribution is 2.30. The number of methoxy groups -OCH3 is 2. The lowest BCUT2D eigenvalue weighted by atomic mass is 9.99. The molecule has 1 atom stereocenters. The van der Waals surface area contributed by atoms with Gasteiger partial charge in [-0.3, -0.25) is 0 Å². The summed E-state index contributed by atoms with van der Waals surface area (Å²) in [5.74, 6) is 1.53. The lowest BCUT2D eigenvalue weighted by molar-refractivity contribution is -0.128. The van der Waals surface area contributed by atoms with Gasteiger partial charge in [-0.05, 0) is 42.2 Å². The molecule has 0 fully saturated rings. The van der Waals surface area contributed by atoms with Gasteiger partial charge in [0.25, 0.3) is 0 Å². The third kappa shape index (κ3) is 5.34. The number of aliphatic hydroxyl groups excluding tert-OH is 1. The fraction of sp³-hybridized carbons (Fsp3) is 0.318. The minimum absolute atomic E-state index is 0.180. The molecule has 0 aliphatic heterocycles. The Bertz CT molecular complexity index is 793. The summed E-state index contributed by atoms with van der Waals surface area (Å²) in [5.41, 5.74) is 2.46. The van der Waals surface area contributed by atoms with Gasteiger partial charge in [0, 0.05) is 23.3 Å². The van der Waals surface area contributed by atoms with Gasteiger partial charge < -0.3 is 19.3 Å². The summed E-state index contributed by atoms with van der Waals surface area (Å²) in [6, 6.07) is 10.9. The van der Waals surface area contributed by atoms with Gasteiger partial charge in [-0.1, -0.05) is 26.0 Å². The van der Waals surface area contributed by atoms with Crippen molar-refractivity contribution in [1.82, 2.24) is 0 Å². The van der Waals surface area contributed by atoms with Crippen LogP contribution >= 0.6 is 0 Å². The van der Waals surface area contributed by atoms with E-state index < -0.39 is 5.97 Å². The number of hydrogen-bond donors (Lipinski definition) is 1. The second-order valence-corrected chi connectivity index (χ2v) is 6.20. The van der Waals surface area contributed by atoms with Crippen molar-refractivity contribution >= 4 is 12.0 Å². The van der Waals surface area contributed by atoms with E-state index in [1.165, 1.54) is 25.9 Å². The SMILES string of the molecule is CCC(C)c1ccc(OC(=O)/C=C/c2cc(CO)c(OC)cc2OC)cc1. The van der Waals surface area contributed by atoms with Crippen molar-refractivity contribution in [1.29, 1.82) is 0 Å². The standard InChI is InChI=1S/C22H26O5/c1-5-15(2)16-6-9-19(10-7-16)27-22(24)11-8-17-12-18(14-23)21(26-4)13-20(17)25-3/h6-13,15,23H,5,14H2,1-4H3/b11-8+. The molecule has 27 heavy (non-hydrogen) atoms. The van der Waals surface area contributed by atoms with Crippen LogP contribution in [0.3, 0.4) is 0 Å². The monoisotopic (exact) mass is 370 g/mol. The Morgan fingerprint density at radius 3 is 2.33 bits per heavy atom. The number of carbonyl (C=O) groups is 1. The Balaban J connectivity index is 2.12. The molecule has 0 bridgehead atoms. The fourth-order valence-electron chi connectivity index (χ4n) is 2.65. The highest BCUT2D eigenvalue weighted by Gasteiger charge is 2.10. The van der Waals surface area contributed by atoms with Crippen LogP contribution in [0.5, 0.6) is 17.2 Å². The summed E-state index contributed by atoms with van der Waals surface area (Å²) in [5, 5.41) is 9.45. The first-order valence-electron chi connectivity index (χ1n) is 8.88. The number of esters is 1. The number of benzene rings is 2. The Morgan fingerprint density at radius 2 is 1.78 bits per heavy atom. The van der Waals surface area contributed by atoms with Crippen LogP contribution in [0, 0.1) is 0 Å².